The molecule has 0 aromatic carbocycles. The Labute approximate surface area is 115 Å². The fourth-order valence-electron chi connectivity index (χ4n) is 3.09. The number of rotatable bonds is 2. The summed E-state index contributed by atoms with van der Waals surface area (Å²) in [5.41, 5.74) is 1.36. The van der Waals surface area contributed by atoms with Gasteiger partial charge in [-0.2, -0.15) is 0 Å². The van der Waals surface area contributed by atoms with Crippen LogP contribution >= 0.6 is 12.2 Å². The van der Waals surface area contributed by atoms with Crippen LogP contribution in [0.5, 0.6) is 0 Å². The number of aryl methyl sites for hydroxylation is 1. The van der Waals surface area contributed by atoms with Gasteiger partial charge in [0.1, 0.15) is 5.76 Å². The third kappa shape index (κ3) is 2.71. The van der Waals surface area contributed by atoms with Crippen LogP contribution in [0.2, 0.25) is 0 Å². The lowest BCUT2D eigenvalue weighted by Gasteiger charge is -2.23. The molecule has 0 N–H and O–H groups in total. The Morgan fingerprint density at radius 3 is 2.50 bits per heavy atom. The second kappa shape index (κ2) is 5.60. The van der Waals surface area contributed by atoms with Gasteiger partial charge in [0.15, 0.2) is 0 Å². The van der Waals surface area contributed by atoms with Crippen molar-refractivity contribution < 1.29 is 4.42 Å². The molecule has 1 heterocycles. The van der Waals surface area contributed by atoms with Crippen LogP contribution in [0.4, 0.5) is 0 Å². The van der Waals surface area contributed by atoms with Crippen molar-refractivity contribution in [3.8, 4) is 0 Å². The van der Waals surface area contributed by atoms with Crippen molar-refractivity contribution in [2.75, 3.05) is 0 Å². The lowest BCUT2D eigenvalue weighted by Crippen LogP contribution is -2.15. The van der Waals surface area contributed by atoms with Crippen LogP contribution in [0.3, 0.4) is 0 Å². The molecule has 18 heavy (non-hydrogen) atoms. The third-order valence-corrected chi connectivity index (χ3v) is 4.49. The normalized spacial score (nSPS) is 20.9. The van der Waals surface area contributed by atoms with Crippen LogP contribution < -0.4 is 0 Å². The summed E-state index contributed by atoms with van der Waals surface area (Å²) in [5, 5.41) is 0. The highest BCUT2D eigenvalue weighted by Crippen LogP contribution is 2.30. The fourth-order valence-corrected chi connectivity index (χ4v) is 3.52. The Balaban J connectivity index is 2.28. The van der Waals surface area contributed by atoms with Crippen molar-refractivity contribution in [1.82, 2.24) is 4.57 Å². The van der Waals surface area contributed by atoms with Gasteiger partial charge in [0.2, 0.25) is 0 Å². The van der Waals surface area contributed by atoms with Crippen molar-refractivity contribution in [2.45, 2.75) is 65.8 Å². The minimum absolute atomic E-state index is 0.408. The van der Waals surface area contributed by atoms with Gasteiger partial charge < -0.3 is 8.98 Å². The monoisotopic (exact) mass is 267 g/mol. The van der Waals surface area contributed by atoms with Crippen molar-refractivity contribution in [1.29, 1.82) is 0 Å². The van der Waals surface area contributed by atoms with Gasteiger partial charge >= 0.3 is 0 Å². The molecule has 0 saturated carbocycles. The quantitative estimate of drug-likeness (QED) is 0.707. The van der Waals surface area contributed by atoms with E-state index in [9.17, 15) is 0 Å². The molecule has 1 aliphatic carbocycles. The molecule has 0 radical (unpaired) electrons. The molecule has 3 heteroatoms. The van der Waals surface area contributed by atoms with Crippen LogP contribution in [0.25, 0.3) is 0 Å². The molecule has 1 aliphatic rings. The second-order valence-electron chi connectivity index (χ2n) is 6.14. The Kier molecular flexibility index (Phi) is 4.31. The minimum atomic E-state index is 0.408. The Morgan fingerprint density at radius 1 is 1.17 bits per heavy atom. The molecule has 0 amide bonds. The predicted molar refractivity (Wildman–Crippen MR) is 77.5 cm³/mol. The van der Waals surface area contributed by atoms with E-state index in [-0.39, 0.29) is 0 Å². The van der Waals surface area contributed by atoms with Gasteiger partial charge in [-0.1, -0.05) is 13.8 Å². The van der Waals surface area contributed by atoms with Crippen molar-refractivity contribution >= 4 is 12.2 Å². The molecular weight excluding hydrogens is 242 g/mol. The van der Waals surface area contributed by atoms with E-state index in [1.165, 1.54) is 25.0 Å². The van der Waals surface area contributed by atoms with Gasteiger partial charge in [0.25, 0.3) is 4.84 Å². The molecule has 1 aromatic heterocycles. The minimum Gasteiger partial charge on any atom is -0.434 e. The number of oxazole rings is 1. The van der Waals surface area contributed by atoms with E-state index in [4.69, 9.17) is 16.6 Å². The van der Waals surface area contributed by atoms with Crippen molar-refractivity contribution in [2.24, 2.45) is 11.8 Å². The van der Waals surface area contributed by atoms with E-state index in [2.05, 4.69) is 32.3 Å². The number of hydrogen-bond acceptors (Lipinski definition) is 2. The molecule has 2 nitrogen and oxygen atoms in total. The summed E-state index contributed by atoms with van der Waals surface area (Å²) in [6, 6.07) is 0.408. The zero-order valence-corrected chi connectivity index (χ0v) is 12.8. The fraction of sp³-hybridized carbons (Fsp3) is 0.800. The highest BCUT2D eigenvalue weighted by molar-refractivity contribution is 7.71. The first kappa shape index (κ1) is 13.9. The standard InChI is InChI=1S/C15H25NOS/c1-10(2)12-6-5-7-13-14(9-8-12)17-15(18)16(13)11(3)4/h10-12H,5-9H2,1-4H3. The summed E-state index contributed by atoms with van der Waals surface area (Å²) in [7, 11) is 0. The van der Waals surface area contributed by atoms with Crippen LogP contribution in [-0.2, 0) is 12.8 Å². The first-order chi connectivity index (χ1) is 8.50. The summed E-state index contributed by atoms with van der Waals surface area (Å²) in [6.07, 6.45) is 6.02. The van der Waals surface area contributed by atoms with E-state index < -0.39 is 0 Å². The summed E-state index contributed by atoms with van der Waals surface area (Å²) >= 11 is 5.36. The van der Waals surface area contributed by atoms with E-state index in [1.54, 1.807) is 0 Å². The van der Waals surface area contributed by atoms with E-state index in [0.29, 0.717) is 10.9 Å². The molecule has 0 aliphatic heterocycles. The SMILES string of the molecule is CC(C)C1CCCc2c(oc(=S)n2C(C)C)CC1. The number of fused-ring (bicyclic) bond motifs is 1. The number of nitrogens with zero attached hydrogens (tertiary/aromatic N) is 1. The lowest BCUT2D eigenvalue weighted by molar-refractivity contribution is 0.311. The van der Waals surface area contributed by atoms with Gasteiger partial charge in [-0.15, -0.1) is 0 Å². The smallest absolute Gasteiger partial charge is 0.269 e. The summed E-state index contributed by atoms with van der Waals surface area (Å²) in [4.78, 5) is 0.665. The average Bonchev–Trinajstić information content (AvgIpc) is 2.54. The van der Waals surface area contributed by atoms with E-state index in [1.807, 2.05) is 0 Å². The Bertz CT molecular complexity index is 456. The maximum Gasteiger partial charge on any atom is 0.269 e. The molecule has 102 valence electrons. The topological polar surface area (TPSA) is 18.1 Å². The molecule has 1 unspecified atom stereocenters. The Morgan fingerprint density at radius 2 is 1.89 bits per heavy atom. The molecule has 0 fully saturated rings. The molecule has 1 atom stereocenters. The third-order valence-electron chi connectivity index (χ3n) is 4.21. The van der Waals surface area contributed by atoms with E-state index in [0.717, 1.165) is 30.4 Å². The van der Waals surface area contributed by atoms with Gasteiger partial charge in [-0.25, -0.2) is 0 Å². The van der Waals surface area contributed by atoms with Crippen LogP contribution in [0.15, 0.2) is 4.42 Å². The van der Waals surface area contributed by atoms with Gasteiger partial charge in [-0.05, 0) is 63.6 Å². The van der Waals surface area contributed by atoms with Crippen molar-refractivity contribution in [3.05, 3.63) is 16.3 Å². The summed E-state index contributed by atoms with van der Waals surface area (Å²) < 4.78 is 8.05. The van der Waals surface area contributed by atoms with Gasteiger partial charge in [0, 0.05) is 12.5 Å². The first-order valence-electron chi connectivity index (χ1n) is 7.23. The molecular formula is C15H25NOS. The van der Waals surface area contributed by atoms with E-state index >= 15 is 0 Å². The highest BCUT2D eigenvalue weighted by atomic mass is 32.1. The maximum absolute atomic E-state index is 5.84. The zero-order chi connectivity index (χ0) is 13.3. The van der Waals surface area contributed by atoms with Gasteiger partial charge in [-0.3, -0.25) is 0 Å². The molecule has 0 saturated heterocycles. The average molecular weight is 267 g/mol. The van der Waals surface area contributed by atoms with Crippen molar-refractivity contribution in [3.63, 3.8) is 0 Å². The first-order valence-corrected chi connectivity index (χ1v) is 7.64. The zero-order valence-electron chi connectivity index (χ0n) is 12.0. The summed E-state index contributed by atoms with van der Waals surface area (Å²) in [6.45, 7) is 9.03. The highest BCUT2D eigenvalue weighted by Gasteiger charge is 2.22. The maximum atomic E-state index is 5.84. The van der Waals surface area contributed by atoms with Crippen LogP contribution in [0, 0.1) is 16.7 Å². The van der Waals surface area contributed by atoms with Crippen LogP contribution in [0.1, 0.15) is 64.5 Å². The van der Waals surface area contributed by atoms with Gasteiger partial charge in [0.05, 0.1) is 5.69 Å². The number of hydrogen-bond donors (Lipinski definition) is 0. The lowest BCUT2D eigenvalue weighted by atomic mass is 9.84. The Hall–Kier alpha value is -0.570. The second-order valence-corrected chi connectivity index (χ2v) is 6.49. The number of aromatic nitrogens is 1. The summed E-state index contributed by atoms with van der Waals surface area (Å²) in [5.74, 6) is 2.77. The predicted octanol–water partition coefficient (Wildman–Crippen LogP) is 4.93. The largest absolute Gasteiger partial charge is 0.434 e. The molecule has 2 rings (SSSR count). The van der Waals surface area contributed by atoms with Crippen LogP contribution in [-0.4, -0.2) is 4.57 Å². The molecule has 1 aromatic rings. The molecule has 0 bridgehead atoms. The molecule has 0 spiro atoms.